The lowest BCUT2D eigenvalue weighted by atomic mass is 10.1. The summed E-state index contributed by atoms with van der Waals surface area (Å²) < 4.78 is 0. The smallest absolute Gasteiger partial charge is 0.320 e. The van der Waals surface area contributed by atoms with Crippen LogP contribution in [-0.4, -0.2) is 185 Å². The molecule has 20 heteroatoms. The molecular weight excluding hydrogens is 648 g/mol. The van der Waals surface area contributed by atoms with Crippen molar-refractivity contribution in [2.75, 3.05) is 52.4 Å². The van der Waals surface area contributed by atoms with Crippen molar-refractivity contribution in [3.05, 3.63) is 0 Å². The molecule has 1 rings (SSSR count). The topological polar surface area (TPSA) is 311 Å². The van der Waals surface area contributed by atoms with Gasteiger partial charge in [0, 0.05) is 78.0 Å². The van der Waals surface area contributed by atoms with Gasteiger partial charge < -0.3 is 40.9 Å². The average molecular weight is 693 g/mol. The molecule has 1 saturated heterocycles. The van der Waals surface area contributed by atoms with Gasteiger partial charge >= 0.3 is 47.8 Å². The molecule has 1 aliphatic heterocycles. The Bertz CT molecular complexity index is 974. The third-order valence-electron chi connectivity index (χ3n) is 8.13. The van der Waals surface area contributed by atoms with E-state index in [1.165, 1.54) is 19.6 Å². The van der Waals surface area contributed by atoms with Crippen molar-refractivity contribution >= 4 is 47.8 Å². The summed E-state index contributed by atoms with van der Waals surface area (Å²) in [4.78, 5) is 99.7. The highest BCUT2D eigenvalue weighted by atomic mass is 16.4. The maximum absolute atomic E-state index is 12.3. The highest BCUT2D eigenvalue weighted by Gasteiger charge is 2.35. The summed E-state index contributed by atoms with van der Waals surface area (Å²) in [6.45, 7) is -1.70. The monoisotopic (exact) mass is 692 g/mol. The third kappa shape index (κ3) is 15.0. The van der Waals surface area contributed by atoms with Crippen molar-refractivity contribution in [1.29, 1.82) is 0 Å². The van der Waals surface area contributed by atoms with Crippen LogP contribution in [0, 0.1) is 0 Å². The van der Waals surface area contributed by atoms with Crippen molar-refractivity contribution < 1.29 is 79.2 Å². The van der Waals surface area contributed by atoms with E-state index in [0.717, 1.165) is 0 Å². The fraction of sp³-hybridized carbons (Fsp3) is 0.714. The normalized spacial score (nSPS) is 18.7. The van der Waals surface area contributed by atoms with E-state index in [1.807, 2.05) is 0 Å². The standard InChI is InChI=1S/C28H44N4O16/c33-21(34)5-1-17(25(41)42)29-9-11-30(18(26(43)44)2-6-22(35)36)13-15-32(20(28(47)48)4-8-24(39)40)16-14-31(12-10-29)19(27(45)46)3-7-23(37)38/h17-20H,1-16H2,(H,33,34)(H,35,36)(H,37,38)(H,39,40)(H,41,42)(H,43,44)(H,45,46)(H,47,48). The number of nitrogens with zero attached hydrogens (tertiary/aromatic N) is 4. The predicted molar refractivity (Wildman–Crippen MR) is 159 cm³/mol. The Labute approximate surface area is 274 Å². The molecule has 48 heavy (non-hydrogen) atoms. The fourth-order valence-corrected chi connectivity index (χ4v) is 5.61. The lowest BCUT2D eigenvalue weighted by Gasteiger charge is -2.39. The number of carbonyl (C=O) groups is 8. The van der Waals surface area contributed by atoms with Crippen LogP contribution in [0.2, 0.25) is 0 Å². The molecule has 272 valence electrons. The minimum absolute atomic E-state index is 0.213. The molecule has 20 nitrogen and oxygen atoms in total. The fourth-order valence-electron chi connectivity index (χ4n) is 5.61. The van der Waals surface area contributed by atoms with Gasteiger partial charge in [-0.05, 0) is 25.7 Å². The molecule has 8 N–H and O–H groups in total. The molecule has 4 atom stereocenters. The van der Waals surface area contributed by atoms with Crippen molar-refractivity contribution in [1.82, 2.24) is 19.6 Å². The van der Waals surface area contributed by atoms with Crippen LogP contribution in [0.1, 0.15) is 51.4 Å². The summed E-state index contributed by atoms with van der Waals surface area (Å²) in [6.07, 6.45) is -3.66. The van der Waals surface area contributed by atoms with Gasteiger partial charge in [0.05, 0.1) is 0 Å². The van der Waals surface area contributed by atoms with Crippen molar-refractivity contribution in [3.8, 4) is 0 Å². The van der Waals surface area contributed by atoms with Crippen molar-refractivity contribution in [2.24, 2.45) is 0 Å². The van der Waals surface area contributed by atoms with Gasteiger partial charge in [0.25, 0.3) is 0 Å². The lowest BCUT2D eigenvalue weighted by Crippen LogP contribution is -2.56. The average Bonchev–Trinajstić information content (AvgIpc) is 2.95. The molecule has 0 aromatic heterocycles. The third-order valence-corrected chi connectivity index (χ3v) is 8.13. The highest BCUT2D eigenvalue weighted by Crippen LogP contribution is 2.17. The Kier molecular flexibility index (Phi) is 18.0. The first-order valence-corrected chi connectivity index (χ1v) is 15.2. The van der Waals surface area contributed by atoms with Crippen LogP contribution in [0.15, 0.2) is 0 Å². The highest BCUT2D eigenvalue weighted by molar-refractivity contribution is 5.77. The summed E-state index contributed by atoms with van der Waals surface area (Å²) >= 11 is 0. The molecule has 0 aromatic rings. The van der Waals surface area contributed by atoms with Gasteiger partial charge in [-0.25, -0.2) is 0 Å². The zero-order valence-electron chi connectivity index (χ0n) is 26.3. The first-order valence-electron chi connectivity index (χ1n) is 15.2. The Morgan fingerprint density at radius 2 is 0.479 bits per heavy atom. The van der Waals surface area contributed by atoms with Crippen LogP contribution in [0.4, 0.5) is 0 Å². The van der Waals surface area contributed by atoms with Crippen LogP contribution in [0.3, 0.4) is 0 Å². The summed E-state index contributed by atoms with van der Waals surface area (Å²) in [5.74, 6) is -10.8. The largest absolute Gasteiger partial charge is 0.481 e. The Balaban J connectivity index is 3.70. The van der Waals surface area contributed by atoms with Gasteiger partial charge in [0.15, 0.2) is 0 Å². The van der Waals surface area contributed by atoms with E-state index in [-0.39, 0.29) is 78.0 Å². The SMILES string of the molecule is O=C(O)CCC(C(=O)O)N1CCN(C(CCC(=O)O)C(=O)O)CCN(C(CCC(=O)O)C(=O)O)CCN(C(CCC(=O)O)C(=O)O)CC1. The van der Waals surface area contributed by atoms with Gasteiger partial charge in [0.2, 0.25) is 0 Å². The molecule has 0 saturated carbocycles. The minimum Gasteiger partial charge on any atom is -0.481 e. The van der Waals surface area contributed by atoms with E-state index in [4.69, 9.17) is 0 Å². The quantitative estimate of drug-likeness (QED) is 0.0718. The second kappa shape index (κ2) is 20.8. The van der Waals surface area contributed by atoms with Gasteiger partial charge in [-0.2, -0.15) is 0 Å². The Morgan fingerprint density at radius 3 is 0.583 bits per heavy atom. The second-order valence-corrected chi connectivity index (χ2v) is 11.3. The number of rotatable bonds is 20. The number of aliphatic carboxylic acids is 8. The Hall–Kier alpha value is -4.40. The predicted octanol–water partition coefficient (Wildman–Crippen LogP) is -1.52. The molecule has 0 aliphatic carbocycles. The van der Waals surface area contributed by atoms with E-state index < -0.39 is 97.6 Å². The summed E-state index contributed by atoms with van der Waals surface area (Å²) in [7, 11) is 0. The van der Waals surface area contributed by atoms with Crippen molar-refractivity contribution in [2.45, 2.75) is 75.5 Å². The van der Waals surface area contributed by atoms with Gasteiger partial charge in [-0.1, -0.05) is 0 Å². The molecule has 0 radical (unpaired) electrons. The summed E-state index contributed by atoms with van der Waals surface area (Å²) in [6, 6.07) is -5.66. The number of carboxylic acids is 8. The summed E-state index contributed by atoms with van der Waals surface area (Å²) in [5, 5.41) is 76.8. The van der Waals surface area contributed by atoms with E-state index in [9.17, 15) is 79.2 Å². The van der Waals surface area contributed by atoms with Gasteiger partial charge in [0.1, 0.15) is 24.2 Å². The van der Waals surface area contributed by atoms with E-state index in [0.29, 0.717) is 0 Å². The van der Waals surface area contributed by atoms with E-state index in [1.54, 1.807) is 0 Å². The molecule has 0 spiro atoms. The van der Waals surface area contributed by atoms with Crippen LogP contribution in [-0.2, 0) is 38.4 Å². The molecular formula is C28H44N4O16. The molecule has 0 aromatic carbocycles. The van der Waals surface area contributed by atoms with Crippen LogP contribution in [0.25, 0.3) is 0 Å². The Morgan fingerprint density at radius 1 is 0.333 bits per heavy atom. The van der Waals surface area contributed by atoms with Crippen LogP contribution in [0.5, 0.6) is 0 Å². The maximum atomic E-state index is 12.3. The lowest BCUT2D eigenvalue weighted by molar-refractivity contribution is -0.149. The van der Waals surface area contributed by atoms with Crippen LogP contribution >= 0.6 is 0 Å². The second-order valence-electron chi connectivity index (χ2n) is 11.3. The first kappa shape index (κ1) is 41.6. The zero-order chi connectivity index (χ0) is 36.6. The van der Waals surface area contributed by atoms with Crippen LogP contribution < -0.4 is 0 Å². The van der Waals surface area contributed by atoms with Gasteiger partial charge in [-0.3, -0.25) is 58.0 Å². The molecule has 0 amide bonds. The van der Waals surface area contributed by atoms with Crippen molar-refractivity contribution in [3.63, 3.8) is 0 Å². The number of carboxylic acid groups (broad SMARTS) is 8. The zero-order valence-corrected chi connectivity index (χ0v) is 26.3. The minimum atomic E-state index is -1.42. The molecule has 1 aliphatic rings. The molecule has 1 heterocycles. The maximum Gasteiger partial charge on any atom is 0.320 e. The van der Waals surface area contributed by atoms with Gasteiger partial charge in [-0.15, -0.1) is 0 Å². The summed E-state index contributed by atoms with van der Waals surface area (Å²) in [5.41, 5.74) is 0. The number of hydrogen-bond acceptors (Lipinski definition) is 12. The number of hydrogen-bond donors (Lipinski definition) is 8. The first-order chi connectivity index (χ1) is 22.4. The molecule has 0 bridgehead atoms. The van der Waals surface area contributed by atoms with E-state index >= 15 is 0 Å². The molecule has 1 fully saturated rings. The van der Waals surface area contributed by atoms with E-state index in [2.05, 4.69) is 0 Å². The molecule has 4 unspecified atom stereocenters.